The Bertz CT molecular complexity index is 546. The molecule has 0 bridgehead atoms. The number of benzene rings is 1. The fourth-order valence-electron chi connectivity index (χ4n) is 2.87. The number of nitrogens with zero attached hydrogens (tertiary/aromatic N) is 3. The van der Waals surface area contributed by atoms with Gasteiger partial charge in [0.1, 0.15) is 11.9 Å². The van der Waals surface area contributed by atoms with E-state index in [1.807, 2.05) is 12.1 Å². The lowest BCUT2D eigenvalue weighted by Gasteiger charge is -2.38. The highest BCUT2D eigenvalue weighted by atomic mass is 16.3. The van der Waals surface area contributed by atoms with Crippen LogP contribution in [0.1, 0.15) is 24.1 Å². The zero-order valence-corrected chi connectivity index (χ0v) is 11.4. The minimum atomic E-state index is -0.851. The Morgan fingerprint density at radius 3 is 2.80 bits per heavy atom. The van der Waals surface area contributed by atoms with Gasteiger partial charge in [-0.2, -0.15) is 0 Å². The third-order valence-electron chi connectivity index (χ3n) is 3.86. The van der Waals surface area contributed by atoms with Crippen molar-refractivity contribution >= 4 is 0 Å². The normalized spacial score (nSPS) is 23.6. The minimum absolute atomic E-state index is 0.624. The van der Waals surface area contributed by atoms with Gasteiger partial charge in [0, 0.05) is 19.3 Å². The van der Waals surface area contributed by atoms with Crippen LogP contribution in [0.5, 0.6) is 0 Å². The van der Waals surface area contributed by atoms with Crippen LogP contribution in [0.3, 0.4) is 0 Å². The van der Waals surface area contributed by atoms with Gasteiger partial charge in [-0.3, -0.25) is 4.90 Å². The zero-order valence-electron chi connectivity index (χ0n) is 11.4. The molecule has 20 heavy (non-hydrogen) atoms. The summed E-state index contributed by atoms with van der Waals surface area (Å²) in [6.45, 7) is 2.51. The number of aliphatic hydroxyl groups is 1. The van der Waals surface area contributed by atoms with Gasteiger partial charge in [0.2, 0.25) is 0 Å². The zero-order chi connectivity index (χ0) is 13.8. The van der Waals surface area contributed by atoms with Crippen molar-refractivity contribution in [3.8, 4) is 0 Å². The average Bonchev–Trinajstić information content (AvgIpc) is 2.49. The highest BCUT2D eigenvalue weighted by Gasteiger charge is 2.35. The van der Waals surface area contributed by atoms with Crippen molar-refractivity contribution in [1.82, 2.24) is 14.9 Å². The predicted molar refractivity (Wildman–Crippen MR) is 76.9 cm³/mol. The molecule has 0 saturated carbocycles. The van der Waals surface area contributed by atoms with Crippen molar-refractivity contribution in [3.63, 3.8) is 0 Å². The molecule has 2 aromatic rings. The summed E-state index contributed by atoms with van der Waals surface area (Å²) in [7, 11) is 0. The van der Waals surface area contributed by atoms with Crippen LogP contribution in [-0.2, 0) is 12.1 Å². The van der Waals surface area contributed by atoms with Gasteiger partial charge in [0.05, 0.1) is 5.69 Å². The molecule has 4 nitrogen and oxygen atoms in total. The van der Waals surface area contributed by atoms with Gasteiger partial charge >= 0.3 is 0 Å². The molecule has 4 heteroatoms. The molecule has 0 radical (unpaired) electrons. The Morgan fingerprint density at radius 2 is 2.05 bits per heavy atom. The molecule has 1 unspecified atom stereocenters. The maximum absolute atomic E-state index is 10.9. The smallest absolute Gasteiger partial charge is 0.119 e. The van der Waals surface area contributed by atoms with E-state index in [9.17, 15) is 5.11 Å². The van der Waals surface area contributed by atoms with E-state index in [-0.39, 0.29) is 0 Å². The molecule has 1 aromatic heterocycles. The molecule has 1 aliphatic heterocycles. The van der Waals surface area contributed by atoms with Crippen molar-refractivity contribution in [2.75, 3.05) is 13.1 Å². The van der Waals surface area contributed by atoms with Crippen molar-refractivity contribution in [1.29, 1.82) is 0 Å². The molecule has 1 atom stereocenters. The van der Waals surface area contributed by atoms with Gasteiger partial charge in [-0.1, -0.05) is 30.3 Å². The average molecular weight is 269 g/mol. The number of piperidine rings is 1. The molecule has 2 heterocycles. The van der Waals surface area contributed by atoms with Crippen LogP contribution >= 0.6 is 0 Å². The maximum Gasteiger partial charge on any atom is 0.119 e. The second-order valence-electron chi connectivity index (χ2n) is 5.43. The van der Waals surface area contributed by atoms with Gasteiger partial charge < -0.3 is 5.11 Å². The van der Waals surface area contributed by atoms with Crippen molar-refractivity contribution in [2.24, 2.45) is 0 Å². The number of likely N-dealkylation sites (tertiary alicyclic amines) is 1. The van der Waals surface area contributed by atoms with E-state index in [0.717, 1.165) is 31.6 Å². The highest BCUT2D eigenvalue weighted by Crippen LogP contribution is 2.30. The fraction of sp³-hybridized carbons (Fsp3) is 0.375. The Kier molecular flexibility index (Phi) is 3.76. The van der Waals surface area contributed by atoms with Crippen LogP contribution in [0.25, 0.3) is 0 Å². The van der Waals surface area contributed by atoms with E-state index in [1.165, 1.54) is 11.9 Å². The van der Waals surface area contributed by atoms with E-state index < -0.39 is 5.60 Å². The number of aromatic nitrogens is 2. The summed E-state index contributed by atoms with van der Waals surface area (Å²) >= 11 is 0. The van der Waals surface area contributed by atoms with Gasteiger partial charge in [0.15, 0.2) is 0 Å². The van der Waals surface area contributed by atoms with Crippen LogP contribution in [0.15, 0.2) is 48.9 Å². The van der Waals surface area contributed by atoms with Crippen LogP contribution in [0, 0.1) is 0 Å². The number of rotatable bonds is 3. The second-order valence-corrected chi connectivity index (χ2v) is 5.43. The first kappa shape index (κ1) is 13.2. The highest BCUT2D eigenvalue weighted by molar-refractivity contribution is 5.16. The lowest BCUT2D eigenvalue weighted by atomic mass is 9.89. The quantitative estimate of drug-likeness (QED) is 0.925. The van der Waals surface area contributed by atoms with E-state index in [0.29, 0.717) is 6.54 Å². The first-order valence-electron chi connectivity index (χ1n) is 7.01. The van der Waals surface area contributed by atoms with Crippen molar-refractivity contribution in [3.05, 3.63) is 60.2 Å². The largest absolute Gasteiger partial charge is 0.382 e. The van der Waals surface area contributed by atoms with Crippen molar-refractivity contribution in [2.45, 2.75) is 25.0 Å². The van der Waals surface area contributed by atoms with Crippen LogP contribution in [0.4, 0.5) is 0 Å². The summed E-state index contributed by atoms with van der Waals surface area (Å²) in [5.74, 6) is 0. The molecule has 1 N–H and O–H groups in total. The van der Waals surface area contributed by atoms with E-state index in [4.69, 9.17) is 0 Å². The van der Waals surface area contributed by atoms with E-state index >= 15 is 0 Å². The van der Waals surface area contributed by atoms with Crippen LogP contribution < -0.4 is 0 Å². The monoisotopic (exact) mass is 269 g/mol. The van der Waals surface area contributed by atoms with Gasteiger partial charge in [0.25, 0.3) is 0 Å². The lowest BCUT2D eigenvalue weighted by Crippen LogP contribution is -2.46. The molecule has 0 spiro atoms. The molecule has 1 aromatic carbocycles. The van der Waals surface area contributed by atoms with Crippen LogP contribution in [0.2, 0.25) is 0 Å². The topological polar surface area (TPSA) is 49.3 Å². The third-order valence-corrected chi connectivity index (χ3v) is 3.86. The Hall–Kier alpha value is -1.78. The molecule has 0 aliphatic carbocycles. The molecular formula is C16H19N3O. The Balaban J connectivity index is 1.73. The first-order valence-corrected chi connectivity index (χ1v) is 7.01. The van der Waals surface area contributed by atoms with Crippen LogP contribution in [-0.4, -0.2) is 33.1 Å². The van der Waals surface area contributed by atoms with E-state index in [1.54, 1.807) is 6.20 Å². The molecule has 1 fully saturated rings. The molecule has 1 aliphatic rings. The summed E-state index contributed by atoms with van der Waals surface area (Å²) in [6, 6.07) is 12.2. The number of hydrogen-bond donors (Lipinski definition) is 1. The lowest BCUT2D eigenvalue weighted by molar-refractivity contribution is -0.0414. The Morgan fingerprint density at radius 1 is 1.20 bits per heavy atom. The van der Waals surface area contributed by atoms with Crippen molar-refractivity contribution < 1.29 is 5.11 Å². The molecule has 0 amide bonds. The standard InChI is InChI=1S/C16H19N3O/c20-16(15-7-9-17-13-18-15)8-4-10-19(12-16)11-14-5-2-1-3-6-14/h1-3,5-7,9,13,20H,4,8,10-12H2. The molecular weight excluding hydrogens is 250 g/mol. The molecule has 3 rings (SSSR count). The number of hydrogen-bond acceptors (Lipinski definition) is 4. The molecule has 104 valence electrons. The summed E-state index contributed by atoms with van der Waals surface area (Å²) in [4.78, 5) is 10.4. The van der Waals surface area contributed by atoms with Gasteiger partial charge in [-0.15, -0.1) is 0 Å². The summed E-state index contributed by atoms with van der Waals surface area (Å²) in [6.07, 6.45) is 4.93. The SMILES string of the molecule is OC1(c2ccncn2)CCCN(Cc2ccccc2)C1. The molecule has 1 saturated heterocycles. The summed E-state index contributed by atoms with van der Waals surface area (Å²) in [5, 5.41) is 10.9. The van der Waals surface area contributed by atoms with E-state index in [2.05, 4.69) is 39.1 Å². The third kappa shape index (κ3) is 2.86. The minimum Gasteiger partial charge on any atom is -0.382 e. The summed E-state index contributed by atoms with van der Waals surface area (Å²) < 4.78 is 0. The fourth-order valence-corrected chi connectivity index (χ4v) is 2.87. The summed E-state index contributed by atoms with van der Waals surface area (Å²) in [5.41, 5.74) is 1.15. The Labute approximate surface area is 119 Å². The predicted octanol–water partition coefficient (Wildman–Crippen LogP) is 1.96. The maximum atomic E-state index is 10.9. The number of β-amino-alcohol motifs (C(OH)–C–C–N with tert-alkyl or cyclic N) is 1. The van der Waals surface area contributed by atoms with Gasteiger partial charge in [-0.25, -0.2) is 9.97 Å². The second kappa shape index (κ2) is 5.69. The first-order chi connectivity index (χ1) is 9.76. The van der Waals surface area contributed by atoms with Gasteiger partial charge in [-0.05, 0) is 31.0 Å².